The average molecular weight is 334 g/mol. The van der Waals surface area contributed by atoms with Crippen LogP contribution in [0.2, 0.25) is 0 Å². The highest BCUT2D eigenvalue weighted by Gasteiger charge is 2.24. The molecule has 1 heterocycles. The predicted octanol–water partition coefficient (Wildman–Crippen LogP) is 4.16. The van der Waals surface area contributed by atoms with E-state index in [1.54, 1.807) is 6.26 Å². The summed E-state index contributed by atoms with van der Waals surface area (Å²) in [7, 11) is 0. The average Bonchev–Trinajstić information content (AvgIpc) is 2.91. The van der Waals surface area contributed by atoms with Crippen LogP contribution in [-0.2, 0) is 6.42 Å². The number of hydrogen-bond donors (Lipinski definition) is 1. The van der Waals surface area contributed by atoms with E-state index in [-0.39, 0.29) is 11.9 Å². The van der Waals surface area contributed by atoms with E-state index in [4.69, 9.17) is 4.42 Å². The van der Waals surface area contributed by atoms with Crippen LogP contribution in [0, 0.1) is 6.92 Å². The van der Waals surface area contributed by atoms with Crippen molar-refractivity contribution in [3.8, 4) is 0 Å². The summed E-state index contributed by atoms with van der Waals surface area (Å²) in [5.41, 5.74) is 2.87. The SMILES string of the molecule is Cc1ccc(Br)c(C(=O)NC2CCCc3occc32)c1. The Labute approximate surface area is 126 Å². The zero-order valence-corrected chi connectivity index (χ0v) is 12.9. The second-order valence-corrected chi connectivity index (χ2v) is 6.06. The summed E-state index contributed by atoms with van der Waals surface area (Å²) >= 11 is 3.44. The third kappa shape index (κ3) is 2.52. The van der Waals surface area contributed by atoms with Crippen LogP contribution in [-0.4, -0.2) is 5.91 Å². The van der Waals surface area contributed by atoms with Crippen molar-refractivity contribution in [2.24, 2.45) is 0 Å². The van der Waals surface area contributed by atoms with Gasteiger partial charge in [-0.25, -0.2) is 0 Å². The first-order valence-electron chi connectivity index (χ1n) is 6.78. The zero-order chi connectivity index (χ0) is 14.1. The molecule has 0 aliphatic heterocycles. The molecule has 3 rings (SSSR count). The second kappa shape index (κ2) is 5.44. The van der Waals surface area contributed by atoms with Crippen LogP contribution in [0.25, 0.3) is 0 Å². The molecule has 1 unspecified atom stereocenters. The summed E-state index contributed by atoms with van der Waals surface area (Å²) in [6.07, 6.45) is 4.67. The van der Waals surface area contributed by atoms with Crippen LogP contribution < -0.4 is 5.32 Å². The Morgan fingerprint density at radius 3 is 3.10 bits per heavy atom. The number of fused-ring (bicyclic) bond motifs is 1. The molecular formula is C16H16BrNO2. The highest BCUT2D eigenvalue weighted by Crippen LogP contribution is 2.31. The van der Waals surface area contributed by atoms with Crippen molar-refractivity contribution < 1.29 is 9.21 Å². The summed E-state index contributed by atoms with van der Waals surface area (Å²) in [4.78, 5) is 12.4. The van der Waals surface area contributed by atoms with Crippen molar-refractivity contribution in [3.63, 3.8) is 0 Å². The number of nitrogens with one attached hydrogen (secondary N) is 1. The molecule has 0 spiro atoms. The summed E-state index contributed by atoms with van der Waals surface area (Å²) < 4.78 is 6.28. The fraction of sp³-hybridized carbons (Fsp3) is 0.312. The zero-order valence-electron chi connectivity index (χ0n) is 11.3. The van der Waals surface area contributed by atoms with Gasteiger partial charge in [-0.05, 0) is 53.9 Å². The van der Waals surface area contributed by atoms with E-state index in [1.807, 2.05) is 31.2 Å². The van der Waals surface area contributed by atoms with Crippen molar-refractivity contribution in [2.45, 2.75) is 32.2 Å². The minimum atomic E-state index is -0.0420. The molecule has 1 aliphatic carbocycles. The van der Waals surface area contributed by atoms with Crippen LogP contribution in [0.1, 0.15) is 46.1 Å². The Morgan fingerprint density at radius 2 is 2.25 bits per heavy atom. The molecule has 0 fully saturated rings. The maximum Gasteiger partial charge on any atom is 0.252 e. The molecule has 20 heavy (non-hydrogen) atoms. The van der Waals surface area contributed by atoms with Crippen LogP contribution >= 0.6 is 15.9 Å². The van der Waals surface area contributed by atoms with Gasteiger partial charge >= 0.3 is 0 Å². The molecule has 0 bridgehead atoms. The van der Waals surface area contributed by atoms with Gasteiger partial charge in [0.15, 0.2) is 0 Å². The fourth-order valence-electron chi connectivity index (χ4n) is 2.69. The van der Waals surface area contributed by atoms with Gasteiger partial charge in [-0.3, -0.25) is 4.79 Å². The monoisotopic (exact) mass is 333 g/mol. The number of carbonyl (C=O) groups is 1. The van der Waals surface area contributed by atoms with E-state index in [0.29, 0.717) is 5.56 Å². The van der Waals surface area contributed by atoms with Gasteiger partial charge in [0, 0.05) is 16.5 Å². The van der Waals surface area contributed by atoms with Gasteiger partial charge in [0.1, 0.15) is 5.76 Å². The number of benzene rings is 1. The summed E-state index contributed by atoms with van der Waals surface area (Å²) in [6.45, 7) is 1.98. The lowest BCUT2D eigenvalue weighted by Crippen LogP contribution is -2.30. The van der Waals surface area contributed by atoms with E-state index in [2.05, 4.69) is 21.2 Å². The molecule has 1 aromatic carbocycles. The lowest BCUT2D eigenvalue weighted by molar-refractivity contribution is 0.0931. The van der Waals surface area contributed by atoms with Crippen LogP contribution in [0.5, 0.6) is 0 Å². The van der Waals surface area contributed by atoms with Crippen LogP contribution in [0.3, 0.4) is 0 Å². The Hall–Kier alpha value is -1.55. The Balaban J connectivity index is 1.82. The van der Waals surface area contributed by atoms with Gasteiger partial charge in [0.2, 0.25) is 0 Å². The summed E-state index contributed by atoms with van der Waals surface area (Å²) in [5, 5.41) is 3.12. The number of rotatable bonds is 2. The smallest absolute Gasteiger partial charge is 0.252 e. The lowest BCUT2D eigenvalue weighted by atomic mass is 9.93. The van der Waals surface area contributed by atoms with Gasteiger partial charge in [0.25, 0.3) is 5.91 Å². The van der Waals surface area contributed by atoms with Crippen molar-refractivity contribution in [2.75, 3.05) is 0 Å². The summed E-state index contributed by atoms with van der Waals surface area (Å²) in [5.74, 6) is 0.962. The number of hydrogen-bond acceptors (Lipinski definition) is 2. The fourth-order valence-corrected chi connectivity index (χ4v) is 3.11. The van der Waals surface area contributed by atoms with E-state index in [1.165, 1.54) is 0 Å². The third-order valence-electron chi connectivity index (χ3n) is 3.72. The normalized spacial score (nSPS) is 17.6. The van der Waals surface area contributed by atoms with E-state index < -0.39 is 0 Å². The molecule has 2 aromatic rings. The molecule has 0 radical (unpaired) electrons. The molecule has 1 amide bonds. The standard InChI is InChI=1S/C16H16BrNO2/c1-10-5-6-13(17)12(9-10)16(19)18-14-3-2-4-15-11(14)7-8-20-15/h5-9,14H,2-4H2,1H3,(H,18,19). The maximum absolute atomic E-state index is 12.4. The maximum atomic E-state index is 12.4. The number of aryl methyl sites for hydroxylation is 2. The molecule has 1 aliphatic rings. The predicted molar refractivity (Wildman–Crippen MR) is 80.7 cm³/mol. The molecule has 0 saturated heterocycles. The summed E-state index contributed by atoms with van der Waals surface area (Å²) in [6, 6.07) is 7.81. The Bertz CT molecular complexity index is 648. The molecule has 4 heteroatoms. The highest BCUT2D eigenvalue weighted by molar-refractivity contribution is 9.10. The van der Waals surface area contributed by atoms with Crippen molar-refractivity contribution >= 4 is 21.8 Å². The Kier molecular flexibility index (Phi) is 3.66. The molecule has 1 N–H and O–H groups in total. The number of furan rings is 1. The van der Waals surface area contributed by atoms with Gasteiger partial charge in [0.05, 0.1) is 17.9 Å². The number of halogens is 1. The van der Waals surface area contributed by atoms with E-state index in [9.17, 15) is 4.79 Å². The molecule has 1 atom stereocenters. The molecular weight excluding hydrogens is 318 g/mol. The van der Waals surface area contributed by atoms with E-state index >= 15 is 0 Å². The van der Waals surface area contributed by atoms with Crippen molar-refractivity contribution in [1.29, 1.82) is 0 Å². The van der Waals surface area contributed by atoms with E-state index in [0.717, 1.165) is 40.6 Å². The first-order chi connectivity index (χ1) is 9.65. The quantitative estimate of drug-likeness (QED) is 0.896. The van der Waals surface area contributed by atoms with Crippen molar-refractivity contribution in [1.82, 2.24) is 5.32 Å². The van der Waals surface area contributed by atoms with Gasteiger partial charge in [-0.15, -0.1) is 0 Å². The molecule has 3 nitrogen and oxygen atoms in total. The number of amides is 1. The minimum Gasteiger partial charge on any atom is -0.469 e. The first-order valence-corrected chi connectivity index (χ1v) is 7.58. The van der Waals surface area contributed by atoms with Gasteiger partial charge in [-0.1, -0.05) is 11.6 Å². The van der Waals surface area contributed by atoms with Crippen molar-refractivity contribution in [3.05, 3.63) is 57.5 Å². The lowest BCUT2D eigenvalue weighted by Gasteiger charge is -2.23. The molecule has 0 saturated carbocycles. The third-order valence-corrected chi connectivity index (χ3v) is 4.42. The largest absolute Gasteiger partial charge is 0.469 e. The highest BCUT2D eigenvalue weighted by atomic mass is 79.9. The Morgan fingerprint density at radius 1 is 1.40 bits per heavy atom. The minimum absolute atomic E-state index is 0.0420. The van der Waals surface area contributed by atoms with Crippen LogP contribution in [0.4, 0.5) is 0 Å². The van der Waals surface area contributed by atoms with Gasteiger partial charge < -0.3 is 9.73 Å². The number of carbonyl (C=O) groups excluding carboxylic acids is 1. The molecule has 1 aromatic heterocycles. The topological polar surface area (TPSA) is 42.2 Å². The van der Waals surface area contributed by atoms with Gasteiger partial charge in [-0.2, -0.15) is 0 Å². The first kappa shape index (κ1) is 13.4. The molecule has 104 valence electrons. The second-order valence-electron chi connectivity index (χ2n) is 5.20. The van der Waals surface area contributed by atoms with Crippen LogP contribution in [0.15, 0.2) is 39.4 Å².